The van der Waals surface area contributed by atoms with Crippen LogP contribution in [0, 0.1) is 17.3 Å². The fraction of sp³-hybridized carbons (Fsp3) is 1.00. The Morgan fingerprint density at radius 2 is 1.94 bits per heavy atom. The lowest BCUT2D eigenvalue weighted by molar-refractivity contribution is 0.250. The first-order chi connectivity index (χ1) is 7.50. The van der Waals surface area contributed by atoms with Gasteiger partial charge >= 0.3 is 0 Å². The summed E-state index contributed by atoms with van der Waals surface area (Å²) in [6.07, 6.45) is 5.71. The van der Waals surface area contributed by atoms with Gasteiger partial charge in [-0.15, -0.1) is 0 Å². The van der Waals surface area contributed by atoms with E-state index >= 15 is 0 Å². The van der Waals surface area contributed by atoms with Crippen molar-refractivity contribution in [2.75, 3.05) is 18.1 Å². The van der Waals surface area contributed by atoms with Crippen LogP contribution in [-0.2, 0) is 9.84 Å². The van der Waals surface area contributed by atoms with Crippen molar-refractivity contribution in [2.24, 2.45) is 23.0 Å². The monoisotopic (exact) mass is 245 g/mol. The second-order valence-electron chi connectivity index (χ2n) is 5.71. The molecule has 2 atom stereocenters. The first-order valence-corrected chi connectivity index (χ1v) is 8.23. The highest BCUT2D eigenvalue weighted by Crippen LogP contribution is 2.60. The smallest absolute Gasteiger partial charge is 0.150 e. The molecule has 0 aliphatic heterocycles. The maximum atomic E-state index is 11.4. The molecule has 2 fully saturated rings. The highest BCUT2D eigenvalue weighted by Gasteiger charge is 2.52. The first kappa shape index (κ1) is 12.4. The predicted molar refractivity (Wildman–Crippen MR) is 65.9 cm³/mol. The minimum absolute atomic E-state index is 0.272. The van der Waals surface area contributed by atoms with Crippen molar-refractivity contribution >= 4 is 9.84 Å². The maximum absolute atomic E-state index is 11.4. The molecule has 16 heavy (non-hydrogen) atoms. The number of nitrogens with two attached hydrogens (primary N) is 1. The van der Waals surface area contributed by atoms with Crippen molar-refractivity contribution in [3.63, 3.8) is 0 Å². The van der Waals surface area contributed by atoms with E-state index in [1.807, 2.05) is 0 Å². The summed E-state index contributed by atoms with van der Waals surface area (Å²) >= 11 is 0. The van der Waals surface area contributed by atoms with E-state index in [9.17, 15) is 8.42 Å². The summed E-state index contributed by atoms with van der Waals surface area (Å²) in [6, 6.07) is 0. The van der Waals surface area contributed by atoms with Gasteiger partial charge in [-0.25, -0.2) is 8.42 Å². The molecule has 0 aromatic rings. The van der Waals surface area contributed by atoms with Crippen LogP contribution in [0.15, 0.2) is 0 Å². The lowest BCUT2D eigenvalue weighted by Gasteiger charge is -2.29. The molecular weight excluding hydrogens is 222 g/mol. The molecule has 4 heteroatoms. The summed E-state index contributed by atoms with van der Waals surface area (Å²) < 4.78 is 22.8. The van der Waals surface area contributed by atoms with Crippen LogP contribution < -0.4 is 5.73 Å². The quantitative estimate of drug-likeness (QED) is 0.773. The van der Waals surface area contributed by atoms with E-state index in [0.29, 0.717) is 5.75 Å². The average molecular weight is 245 g/mol. The average Bonchev–Trinajstić information content (AvgIpc) is 2.87. The van der Waals surface area contributed by atoms with E-state index < -0.39 is 9.84 Å². The molecule has 2 N–H and O–H groups in total. The van der Waals surface area contributed by atoms with Crippen molar-refractivity contribution in [2.45, 2.75) is 39.0 Å². The Kier molecular flexibility index (Phi) is 3.32. The van der Waals surface area contributed by atoms with E-state index in [1.165, 1.54) is 19.3 Å². The normalized spacial score (nSPS) is 37.4. The molecule has 94 valence electrons. The Hall–Kier alpha value is -0.0900. The summed E-state index contributed by atoms with van der Waals surface area (Å²) in [5.74, 6) is 2.46. The van der Waals surface area contributed by atoms with Gasteiger partial charge < -0.3 is 5.73 Å². The minimum atomic E-state index is -2.79. The summed E-state index contributed by atoms with van der Waals surface area (Å²) in [5, 5.41) is 0. The second-order valence-corrected chi connectivity index (χ2v) is 8.18. The fourth-order valence-electron chi connectivity index (χ4n) is 3.29. The maximum Gasteiger partial charge on any atom is 0.150 e. The molecule has 0 saturated heterocycles. The van der Waals surface area contributed by atoms with Gasteiger partial charge in [0.15, 0.2) is 0 Å². The van der Waals surface area contributed by atoms with Gasteiger partial charge in [0, 0.05) is 5.75 Å². The Morgan fingerprint density at radius 1 is 1.31 bits per heavy atom. The molecular formula is C12H23NO2S. The molecule has 0 spiro atoms. The van der Waals surface area contributed by atoms with Crippen molar-refractivity contribution in [1.29, 1.82) is 0 Å². The molecule has 0 amide bonds. The van der Waals surface area contributed by atoms with Crippen LogP contribution in [0.2, 0.25) is 0 Å². The number of sulfone groups is 1. The van der Waals surface area contributed by atoms with Crippen molar-refractivity contribution in [1.82, 2.24) is 0 Å². The standard InChI is InChI=1S/C12H23NO2S/c1-2-16(14,15)5-3-4-12(9-13)7-10-6-11(10)8-12/h10-11H,2-9,13H2,1H3. The fourth-order valence-corrected chi connectivity index (χ4v) is 4.16. The Bertz CT molecular complexity index is 340. The van der Waals surface area contributed by atoms with E-state index in [1.54, 1.807) is 6.92 Å². The Balaban J connectivity index is 1.80. The molecule has 2 saturated carbocycles. The van der Waals surface area contributed by atoms with Gasteiger partial charge in [0.05, 0.1) is 5.75 Å². The van der Waals surface area contributed by atoms with E-state index in [4.69, 9.17) is 5.73 Å². The zero-order valence-electron chi connectivity index (χ0n) is 10.1. The lowest BCUT2D eigenvalue weighted by Crippen LogP contribution is -2.29. The van der Waals surface area contributed by atoms with Gasteiger partial charge in [-0.1, -0.05) is 6.92 Å². The third-order valence-electron chi connectivity index (χ3n) is 4.49. The zero-order chi connectivity index (χ0) is 11.8. The number of fused-ring (bicyclic) bond motifs is 1. The van der Waals surface area contributed by atoms with Gasteiger partial charge in [0.25, 0.3) is 0 Å². The van der Waals surface area contributed by atoms with E-state index in [2.05, 4.69) is 0 Å². The van der Waals surface area contributed by atoms with Crippen molar-refractivity contribution in [3.05, 3.63) is 0 Å². The van der Waals surface area contributed by atoms with Crippen molar-refractivity contribution in [3.8, 4) is 0 Å². The molecule has 0 aromatic heterocycles. The lowest BCUT2D eigenvalue weighted by atomic mass is 9.79. The highest BCUT2D eigenvalue weighted by atomic mass is 32.2. The van der Waals surface area contributed by atoms with Crippen LogP contribution in [0.5, 0.6) is 0 Å². The number of hydrogen-bond acceptors (Lipinski definition) is 3. The van der Waals surface area contributed by atoms with Gasteiger partial charge in [0.1, 0.15) is 9.84 Å². The second kappa shape index (κ2) is 4.30. The third kappa shape index (κ3) is 2.59. The molecule has 0 radical (unpaired) electrons. The predicted octanol–water partition coefficient (Wildman–Crippen LogP) is 1.58. The van der Waals surface area contributed by atoms with Crippen LogP contribution >= 0.6 is 0 Å². The van der Waals surface area contributed by atoms with Gasteiger partial charge in [-0.05, 0) is 55.9 Å². The summed E-state index contributed by atoms with van der Waals surface area (Å²) in [4.78, 5) is 0. The van der Waals surface area contributed by atoms with Crippen LogP contribution in [0.1, 0.15) is 39.0 Å². The molecule has 0 aromatic carbocycles. The number of rotatable bonds is 6. The third-order valence-corrected chi connectivity index (χ3v) is 6.29. The SMILES string of the molecule is CCS(=O)(=O)CCCC1(CN)CC2CC2C1. The van der Waals surface area contributed by atoms with Crippen LogP contribution in [0.3, 0.4) is 0 Å². The molecule has 2 unspecified atom stereocenters. The first-order valence-electron chi connectivity index (χ1n) is 6.41. The largest absolute Gasteiger partial charge is 0.330 e. The summed E-state index contributed by atoms with van der Waals surface area (Å²) in [7, 11) is -2.79. The summed E-state index contributed by atoms with van der Waals surface area (Å²) in [6.45, 7) is 2.46. The van der Waals surface area contributed by atoms with Gasteiger partial charge in [-0.2, -0.15) is 0 Å². The van der Waals surface area contributed by atoms with Crippen LogP contribution in [-0.4, -0.2) is 26.5 Å². The van der Waals surface area contributed by atoms with Crippen molar-refractivity contribution < 1.29 is 8.42 Å². The van der Waals surface area contributed by atoms with E-state index in [0.717, 1.165) is 31.2 Å². The minimum Gasteiger partial charge on any atom is -0.330 e. The Labute approximate surface area is 98.7 Å². The van der Waals surface area contributed by atoms with Gasteiger partial charge in [0.2, 0.25) is 0 Å². The van der Waals surface area contributed by atoms with Crippen LogP contribution in [0.4, 0.5) is 0 Å². The Morgan fingerprint density at radius 3 is 2.44 bits per heavy atom. The van der Waals surface area contributed by atoms with E-state index in [-0.39, 0.29) is 11.2 Å². The molecule has 3 nitrogen and oxygen atoms in total. The molecule has 2 aliphatic carbocycles. The highest BCUT2D eigenvalue weighted by molar-refractivity contribution is 7.91. The zero-order valence-corrected chi connectivity index (χ0v) is 10.9. The topological polar surface area (TPSA) is 60.2 Å². The summed E-state index contributed by atoms with van der Waals surface area (Å²) in [5.41, 5.74) is 6.17. The molecule has 2 rings (SSSR count). The van der Waals surface area contributed by atoms with Crippen LogP contribution in [0.25, 0.3) is 0 Å². The molecule has 0 bridgehead atoms. The van der Waals surface area contributed by atoms with Gasteiger partial charge in [-0.3, -0.25) is 0 Å². The number of hydrogen-bond donors (Lipinski definition) is 1. The molecule has 0 heterocycles. The molecule has 2 aliphatic rings.